The van der Waals surface area contributed by atoms with E-state index >= 15 is 0 Å². The van der Waals surface area contributed by atoms with Crippen molar-refractivity contribution in [3.63, 3.8) is 0 Å². The number of hydrogen-bond acceptors (Lipinski definition) is 3. The van der Waals surface area contributed by atoms with Gasteiger partial charge >= 0.3 is 0 Å². The Morgan fingerprint density at radius 1 is 1.33 bits per heavy atom. The van der Waals surface area contributed by atoms with Crippen LogP contribution < -0.4 is 5.32 Å². The predicted molar refractivity (Wildman–Crippen MR) is 64.4 cm³/mol. The van der Waals surface area contributed by atoms with Gasteiger partial charge in [0.1, 0.15) is 0 Å². The molecule has 1 saturated heterocycles. The van der Waals surface area contributed by atoms with Gasteiger partial charge in [-0.05, 0) is 31.7 Å². The number of ether oxygens (including phenoxy) is 1. The molecule has 82 valence electrons. The maximum atomic E-state index is 5.16. The summed E-state index contributed by atoms with van der Waals surface area (Å²) in [6.07, 6.45) is 0. The summed E-state index contributed by atoms with van der Waals surface area (Å²) < 4.78 is 5.16. The highest BCUT2D eigenvalue weighted by Gasteiger charge is 2.19. The monoisotopic (exact) mass is 223 g/mol. The molecule has 0 spiro atoms. The number of rotatable bonds is 4. The molecule has 1 atom stereocenters. The lowest BCUT2D eigenvalue weighted by atomic mass is 10.1. The van der Waals surface area contributed by atoms with Gasteiger partial charge in [0.05, 0.1) is 18.5 Å². The first-order valence-corrected chi connectivity index (χ1v) is 6.19. The third kappa shape index (κ3) is 2.74. The number of nitrogens with one attached hydrogen (secondary N) is 1. The lowest BCUT2D eigenvalue weighted by Crippen LogP contribution is -2.29. The van der Waals surface area contributed by atoms with E-state index in [4.69, 9.17) is 4.74 Å². The molecular formula is C12H17NOS. The van der Waals surface area contributed by atoms with E-state index in [0.29, 0.717) is 11.3 Å². The van der Waals surface area contributed by atoms with Gasteiger partial charge in [-0.2, -0.15) is 0 Å². The van der Waals surface area contributed by atoms with Crippen molar-refractivity contribution in [1.29, 1.82) is 0 Å². The van der Waals surface area contributed by atoms with Gasteiger partial charge in [-0.15, -0.1) is 11.8 Å². The Hall–Kier alpha value is -0.510. The Morgan fingerprint density at radius 3 is 2.47 bits per heavy atom. The molecule has 15 heavy (non-hydrogen) atoms. The second-order valence-electron chi connectivity index (χ2n) is 3.86. The molecule has 1 aliphatic rings. The van der Waals surface area contributed by atoms with Gasteiger partial charge in [0, 0.05) is 10.9 Å². The first kappa shape index (κ1) is 11.0. The van der Waals surface area contributed by atoms with E-state index in [9.17, 15) is 0 Å². The molecule has 0 aliphatic carbocycles. The predicted octanol–water partition coefficient (Wildman–Crippen LogP) is 2.46. The first-order valence-electron chi connectivity index (χ1n) is 5.31. The summed E-state index contributed by atoms with van der Waals surface area (Å²) in [4.78, 5) is 1.34. The van der Waals surface area contributed by atoms with Crippen molar-refractivity contribution in [1.82, 2.24) is 5.32 Å². The largest absolute Gasteiger partial charge is 0.379 e. The van der Waals surface area contributed by atoms with Crippen LogP contribution in [0, 0.1) is 0 Å². The summed E-state index contributed by atoms with van der Waals surface area (Å²) in [6, 6.07) is 9.22. The normalized spacial score (nSPS) is 18.5. The minimum absolute atomic E-state index is 0.427. The summed E-state index contributed by atoms with van der Waals surface area (Å²) in [7, 11) is 1.99. The summed E-state index contributed by atoms with van der Waals surface area (Å²) in [5, 5.41) is 3.90. The molecule has 2 nitrogen and oxygen atoms in total. The number of thioether (sulfide) groups is 1. The molecule has 0 bridgehead atoms. The average molecular weight is 223 g/mol. The SMILES string of the molecule is CNC(C)c1ccc(SC2COC2)cc1. The van der Waals surface area contributed by atoms with Crippen LogP contribution in [0.3, 0.4) is 0 Å². The maximum absolute atomic E-state index is 5.16. The second-order valence-corrected chi connectivity index (χ2v) is 5.23. The van der Waals surface area contributed by atoms with E-state index in [1.807, 2.05) is 18.8 Å². The Balaban J connectivity index is 1.96. The van der Waals surface area contributed by atoms with Crippen LogP contribution in [0.1, 0.15) is 18.5 Å². The van der Waals surface area contributed by atoms with Gasteiger partial charge < -0.3 is 10.1 Å². The van der Waals surface area contributed by atoms with Crippen molar-refractivity contribution in [2.24, 2.45) is 0 Å². The standard InChI is InChI=1S/C12H17NOS/c1-9(13-2)10-3-5-11(6-4-10)15-12-7-14-8-12/h3-6,9,12-13H,7-8H2,1-2H3. The fourth-order valence-corrected chi connectivity index (χ4v) is 2.48. The maximum Gasteiger partial charge on any atom is 0.0611 e. The number of hydrogen-bond donors (Lipinski definition) is 1. The van der Waals surface area contributed by atoms with Crippen LogP contribution in [0.15, 0.2) is 29.2 Å². The quantitative estimate of drug-likeness (QED) is 0.847. The topological polar surface area (TPSA) is 21.3 Å². The van der Waals surface area contributed by atoms with E-state index < -0.39 is 0 Å². The minimum atomic E-state index is 0.427. The molecule has 1 aromatic carbocycles. The first-order chi connectivity index (χ1) is 7.29. The fourth-order valence-electron chi connectivity index (χ4n) is 1.48. The molecule has 0 radical (unpaired) electrons. The zero-order valence-electron chi connectivity index (χ0n) is 9.19. The van der Waals surface area contributed by atoms with Crippen LogP contribution in [-0.4, -0.2) is 25.5 Å². The van der Waals surface area contributed by atoms with Gasteiger partial charge in [0.2, 0.25) is 0 Å². The zero-order valence-corrected chi connectivity index (χ0v) is 10.0. The molecule has 1 heterocycles. The van der Waals surface area contributed by atoms with Crippen molar-refractivity contribution in [2.45, 2.75) is 23.1 Å². The summed E-state index contributed by atoms with van der Waals surface area (Å²) >= 11 is 1.91. The van der Waals surface area contributed by atoms with E-state index in [1.165, 1.54) is 10.5 Å². The molecule has 0 amide bonds. The number of benzene rings is 1. The van der Waals surface area contributed by atoms with Gasteiger partial charge in [-0.3, -0.25) is 0 Å². The molecule has 0 aromatic heterocycles. The molecule has 2 rings (SSSR count). The Bertz CT molecular complexity index is 308. The molecule has 1 aromatic rings. The zero-order chi connectivity index (χ0) is 10.7. The van der Waals surface area contributed by atoms with Gasteiger partial charge in [0.15, 0.2) is 0 Å². The highest BCUT2D eigenvalue weighted by molar-refractivity contribution is 8.00. The molecule has 1 unspecified atom stereocenters. The Labute approximate surface area is 95.4 Å². The van der Waals surface area contributed by atoms with Crippen molar-refractivity contribution in [3.05, 3.63) is 29.8 Å². The smallest absolute Gasteiger partial charge is 0.0611 e. The van der Waals surface area contributed by atoms with Crippen molar-refractivity contribution < 1.29 is 4.74 Å². The summed E-state index contributed by atoms with van der Waals surface area (Å²) in [5.74, 6) is 0. The lowest BCUT2D eigenvalue weighted by molar-refractivity contribution is 0.0455. The molecule has 1 aliphatic heterocycles. The highest BCUT2D eigenvalue weighted by Crippen LogP contribution is 2.28. The molecular weight excluding hydrogens is 206 g/mol. The van der Waals surface area contributed by atoms with Gasteiger partial charge in [-0.25, -0.2) is 0 Å². The Kier molecular flexibility index (Phi) is 3.67. The van der Waals surface area contributed by atoms with Crippen LogP contribution in [0.2, 0.25) is 0 Å². The van der Waals surface area contributed by atoms with Crippen molar-refractivity contribution in [2.75, 3.05) is 20.3 Å². The minimum Gasteiger partial charge on any atom is -0.379 e. The van der Waals surface area contributed by atoms with E-state index in [0.717, 1.165) is 13.2 Å². The van der Waals surface area contributed by atoms with Crippen LogP contribution in [-0.2, 0) is 4.74 Å². The molecule has 0 saturated carbocycles. The van der Waals surface area contributed by atoms with E-state index in [-0.39, 0.29) is 0 Å². The highest BCUT2D eigenvalue weighted by atomic mass is 32.2. The molecule has 3 heteroatoms. The lowest BCUT2D eigenvalue weighted by Gasteiger charge is -2.25. The van der Waals surface area contributed by atoms with E-state index in [2.05, 4.69) is 36.5 Å². The second kappa shape index (κ2) is 5.01. The van der Waals surface area contributed by atoms with E-state index in [1.54, 1.807) is 0 Å². The van der Waals surface area contributed by atoms with Crippen LogP contribution in [0.25, 0.3) is 0 Å². The van der Waals surface area contributed by atoms with Gasteiger partial charge in [0.25, 0.3) is 0 Å². The van der Waals surface area contributed by atoms with Crippen molar-refractivity contribution >= 4 is 11.8 Å². The van der Waals surface area contributed by atoms with Crippen molar-refractivity contribution in [3.8, 4) is 0 Å². The van der Waals surface area contributed by atoms with Crippen LogP contribution >= 0.6 is 11.8 Å². The Morgan fingerprint density at radius 2 is 2.00 bits per heavy atom. The summed E-state index contributed by atoms with van der Waals surface area (Å²) in [6.45, 7) is 3.97. The molecule has 1 N–H and O–H groups in total. The van der Waals surface area contributed by atoms with Crippen LogP contribution in [0.5, 0.6) is 0 Å². The summed E-state index contributed by atoms with van der Waals surface area (Å²) in [5.41, 5.74) is 1.34. The third-order valence-electron chi connectivity index (χ3n) is 2.72. The van der Waals surface area contributed by atoms with Crippen LogP contribution in [0.4, 0.5) is 0 Å². The third-order valence-corrected chi connectivity index (χ3v) is 3.87. The van der Waals surface area contributed by atoms with Gasteiger partial charge in [-0.1, -0.05) is 12.1 Å². The average Bonchev–Trinajstić information content (AvgIpc) is 2.23. The fraction of sp³-hybridized carbons (Fsp3) is 0.500. The molecule has 1 fully saturated rings.